The summed E-state index contributed by atoms with van der Waals surface area (Å²) in [4.78, 5) is 28.8. The van der Waals surface area contributed by atoms with Crippen LogP contribution >= 0.6 is 11.3 Å². The van der Waals surface area contributed by atoms with Crippen LogP contribution in [0.1, 0.15) is 48.8 Å². The lowest BCUT2D eigenvalue weighted by Gasteiger charge is -2.17. The summed E-state index contributed by atoms with van der Waals surface area (Å²) in [6.07, 6.45) is 0.734. The number of esters is 1. The van der Waals surface area contributed by atoms with Crippen molar-refractivity contribution >= 4 is 23.2 Å². The molecule has 0 aliphatic heterocycles. The van der Waals surface area contributed by atoms with Crippen LogP contribution in [0.25, 0.3) is 0 Å². The topological polar surface area (TPSA) is 68.3 Å². The van der Waals surface area contributed by atoms with Crippen molar-refractivity contribution in [3.63, 3.8) is 0 Å². The number of aryl methyl sites for hydroxylation is 2. The molecular formula is C14H22N2O3S. The van der Waals surface area contributed by atoms with Gasteiger partial charge in [-0.2, -0.15) is 0 Å². The minimum Gasteiger partial charge on any atom is -0.459 e. The van der Waals surface area contributed by atoms with Gasteiger partial charge >= 0.3 is 11.9 Å². The number of carbonyl (C=O) groups is 2. The van der Waals surface area contributed by atoms with Crippen molar-refractivity contribution in [3.05, 3.63) is 15.6 Å². The number of hydrogen-bond donors (Lipinski definition) is 1. The zero-order valence-corrected chi connectivity index (χ0v) is 13.5. The van der Waals surface area contributed by atoms with Gasteiger partial charge < -0.3 is 10.1 Å². The highest BCUT2D eigenvalue weighted by Crippen LogP contribution is 2.27. The van der Waals surface area contributed by atoms with E-state index in [-0.39, 0.29) is 12.6 Å². The number of ether oxygens (including phenoxy) is 1. The first kappa shape index (κ1) is 16.6. The van der Waals surface area contributed by atoms with Gasteiger partial charge in [-0.15, -0.1) is 11.3 Å². The van der Waals surface area contributed by atoms with Crippen LogP contribution in [0, 0.1) is 19.8 Å². The zero-order chi connectivity index (χ0) is 15.3. The SMILES string of the molecule is CCOC(=O)C(=O)NC(CC(C)C)c1nc(C)c(C)s1. The summed E-state index contributed by atoms with van der Waals surface area (Å²) in [5.41, 5.74) is 0.962. The van der Waals surface area contributed by atoms with Crippen molar-refractivity contribution < 1.29 is 14.3 Å². The van der Waals surface area contributed by atoms with E-state index in [0.717, 1.165) is 22.0 Å². The maximum Gasteiger partial charge on any atom is 0.396 e. The van der Waals surface area contributed by atoms with Gasteiger partial charge in [0.1, 0.15) is 5.01 Å². The average Bonchev–Trinajstić information content (AvgIpc) is 2.68. The molecule has 1 aromatic heterocycles. The number of amides is 1. The Hall–Kier alpha value is -1.43. The largest absolute Gasteiger partial charge is 0.459 e. The molecule has 1 aromatic rings. The lowest BCUT2D eigenvalue weighted by molar-refractivity contribution is -0.154. The number of nitrogens with zero attached hydrogens (tertiary/aromatic N) is 1. The Morgan fingerprint density at radius 3 is 2.45 bits per heavy atom. The third kappa shape index (κ3) is 4.59. The van der Waals surface area contributed by atoms with Crippen molar-refractivity contribution in [2.75, 3.05) is 6.61 Å². The summed E-state index contributed by atoms with van der Waals surface area (Å²) < 4.78 is 4.71. The highest BCUT2D eigenvalue weighted by molar-refractivity contribution is 7.11. The summed E-state index contributed by atoms with van der Waals surface area (Å²) >= 11 is 1.55. The number of carbonyl (C=O) groups excluding carboxylic acids is 2. The fourth-order valence-electron chi connectivity index (χ4n) is 1.75. The van der Waals surface area contributed by atoms with Crippen LogP contribution in [-0.4, -0.2) is 23.5 Å². The predicted octanol–water partition coefficient (Wildman–Crippen LogP) is 2.53. The van der Waals surface area contributed by atoms with Gasteiger partial charge in [-0.1, -0.05) is 13.8 Å². The first-order chi connectivity index (χ1) is 9.35. The third-order valence-electron chi connectivity index (χ3n) is 2.82. The fraction of sp³-hybridized carbons (Fsp3) is 0.643. The smallest absolute Gasteiger partial charge is 0.396 e. The summed E-state index contributed by atoms with van der Waals surface area (Å²) in [6.45, 7) is 9.93. The standard InChI is InChI=1S/C14H22N2O3S/c1-6-19-14(18)12(17)16-11(7-8(2)3)13-15-9(4)10(5)20-13/h8,11H,6-7H2,1-5H3,(H,16,17). The Kier molecular flexibility index (Phi) is 6.13. The van der Waals surface area contributed by atoms with Gasteiger partial charge in [0, 0.05) is 4.88 Å². The van der Waals surface area contributed by atoms with Crippen molar-refractivity contribution in [1.82, 2.24) is 10.3 Å². The molecule has 0 bridgehead atoms. The molecule has 1 amide bonds. The van der Waals surface area contributed by atoms with Gasteiger partial charge in [-0.25, -0.2) is 9.78 Å². The molecule has 0 saturated carbocycles. The molecule has 0 aromatic carbocycles. The molecule has 1 N–H and O–H groups in total. The van der Waals surface area contributed by atoms with E-state index < -0.39 is 11.9 Å². The van der Waals surface area contributed by atoms with Gasteiger partial charge in [0.2, 0.25) is 0 Å². The predicted molar refractivity (Wildman–Crippen MR) is 78.6 cm³/mol. The van der Waals surface area contributed by atoms with E-state index in [9.17, 15) is 9.59 Å². The summed E-state index contributed by atoms with van der Waals surface area (Å²) in [5, 5.41) is 3.56. The minimum absolute atomic E-state index is 0.191. The molecule has 0 aliphatic carbocycles. The molecular weight excluding hydrogens is 276 g/mol. The highest BCUT2D eigenvalue weighted by atomic mass is 32.1. The first-order valence-electron chi connectivity index (χ1n) is 6.76. The first-order valence-corrected chi connectivity index (χ1v) is 7.58. The van der Waals surface area contributed by atoms with Crippen molar-refractivity contribution in [3.8, 4) is 0 Å². The molecule has 1 atom stereocenters. The maximum atomic E-state index is 11.8. The Morgan fingerprint density at radius 1 is 1.35 bits per heavy atom. The molecule has 0 aliphatic rings. The highest BCUT2D eigenvalue weighted by Gasteiger charge is 2.24. The summed E-state index contributed by atoms with van der Waals surface area (Å²) in [6, 6.07) is -0.246. The lowest BCUT2D eigenvalue weighted by Crippen LogP contribution is -2.36. The number of hydrogen-bond acceptors (Lipinski definition) is 5. The summed E-state index contributed by atoms with van der Waals surface area (Å²) in [7, 11) is 0. The molecule has 0 saturated heterocycles. The Labute approximate surface area is 123 Å². The molecule has 20 heavy (non-hydrogen) atoms. The molecule has 6 heteroatoms. The van der Waals surface area contributed by atoms with Crippen molar-refractivity contribution in [2.24, 2.45) is 5.92 Å². The average molecular weight is 298 g/mol. The van der Waals surface area contributed by atoms with Gasteiger partial charge in [0.15, 0.2) is 0 Å². The number of nitrogens with one attached hydrogen (secondary N) is 1. The van der Waals surface area contributed by atoms with Crippen LogP contribution < -0.4 is 5.32 Å². The molecule has 112 valence electrons. The van der Waals surface area contributed by atoms with Gasteiger partial charge in [-0.3, -0.25) is 4.79 Å². The van der Waals surface area contributed by atoms with E-state index in [1.54, 1.807) is 18.3 Å². The van der Waals surface area contributed by atoms with Crippen molar-refractivity contribution in [2.45, 2.75) is 47.1 Å². The fourth-order valence-corrected chi connectivity index (χ4v) is 2.74. The second kappa shape index (κ2) is 7.38. The number of thiazole rings is 1. The quantitative estimate of drug-likeness (QED) is 0.670. The van der Waals surface area contributed by atoms with E-state index in [1.807, 2.05) is 13.8 Å². The van der Waals surface area contributed by atoms with E-state index >= 15 is 0 Å². The number of rotatable bonds is 5. The molecule has 5 nitrogen and oxygen atoms in total. The monoisotopic (exact) mass is 298 g/mol. The number of aromatic nitrogens is 1. The van der Waals surface area contributed by atoms with E-state index in [4.69, 9.17) is 4.74 Å². The van der Waals surface area contributed by atoms with Crippen molar-refractivity contribution in [1.29, 1.82) is 0 Å². The van der Waals surface area contributed by atoms with Crippen LogP contribution in [0.2, 0.25) is 0 Å². The Morgan fingerprint density at radius 2 is 2.00 bits per heavy atom. The van der Waals surface area contributed by atoms with Crippen LogP contribution in [0.5, 0.6) is 0 Å². The van der Waals surface area contributed by atoms with E-state index in [1.165, 1.54) is 0 Å². The van der Waals surface area contributed by atoms with Crippen LogP contribution in [0.3, 0.4) is 0 Å². The Balaban J connectivity index is 2.84. The minimum atomic E-state index is -0.841. The van der Waals surface area contributed by atoms with Crippen LogP contribution in [0.4, 0.5) is 0 Å². The molecule has 1 unspecified atom stereocenters. The molecule has 0 radical (unpaired) electrons. The maximum absolute atomic E-state index is 11.8. The lowest BCUT2D eigenvalue weighted by atomic mass is 10.0. The van der Waals surface area contributed by atoms with E-state index in [0.29, 0.717) is 5.92 Å². The van der Waals surface area contributed by atoms with Gasteiger partial charge in [0.05, 0.1) is 18.3 Å². The molecule has 0 spiro atoms. The molecule has 1 heterocycles. The third-order valence-corrected chi connectivity index (χ3v) is 4.00. The summed E-state index contributed by atoms with van der Waals surface area (Å²) in [5.74, 6) is -1.17. The second-order valence-corrected chi connectivity index (χ2v) is 6.30. The molecule has 1 rings (SSSR count). The Bertz CT molecular complexity index is 463. The second-order valence-electron chi connectivity index (χ2n) is 5.07. The zero-order valence-electron chi connectivity index (χ0n) is 12.6. The van der Waals surface area contributed by atoms with Gasteiger partial charge in [-0.05, 0) is 33.1 Å². The van der Waals surface area contributed by atoms with E-state index in [2.05, 4.69) is 24.1 Å². The van der Waals surface area contributed by atoms with Gasteiger partial charge in [0.25, 0.3) is 0 Å². The molecule has 0 fully saturated rings. The van der Waals surface area contributed by atoms with Crippen LogP contribution in [-0.2, 0) is 14.3 Å². The van der Waals surface area contributed by atoms with Crippen LogP contribution in [0.15, 0.2) is 0 Å². The normalized spacial score (nSPS) is 12.3.